The van der Waals surface area contributed by atoms with Gasteiger partial charge in [-0.1, -0.05) is 30.2 Å². The van der Waals surface area contributed by atoms with Crippen LogP contribution in [0.3, 0.4) is 0 Å². The minimum absolute atomic E-state index is 0.0994. The number of hydrogen-bond acceptors (Lipinski definition) is 9. The molecule has 1 aliphatic heterocycles. The van der Waals surface area contributed by atoms with Gasteiger partial charge in [0.1, 0.15) is 10.3 Å². The Balaban J connectivity index is 2.29. The van der Waals surface area contributed by atoms with Crippen LogP contribution in [0.4, 0.5) is 0 Å². The Morgan fingerprint density at radius 3 is 2.44 bits per heavy atom. The van der Waals surface area contributed by atoms with Crippen LogP contribution in [0.15, 0.2) is 29.4 Å². The molecule has 2 atom stereocenters. The molecule has 0 aliphatic carbocycles. The van der Waals surface area contributed by atoms with Crippen LogP contribution in [-0.2, 0) is 29.3 Å². The average Bonchev–Trinajstić information content (AvgIpc) is 3.06. The summed E-state index contributed by atoms with van der Waals surface area (Å²) in [6.07, 6.45) is 0.397. The molecule has 2 rings (SSSR count). The van der Waals surface area contributed by atoms with E-state index < -0.39 is 51.1 Å². The van der Waals surface area contributed by atoms with Crippen LogP contribution in [0.5, 0.6) is 0 Å². The Labute approximate surface area is 192 Å². The second kappa shape index (κ2) is 11.1. The van der Waals surface area contributed by atoms with Crippen molar-refractivity contribution in [1.29, 1.82) is 0 Å². The van der Waals surface area contributed by atoms with Crippen molar-refractivity contribution in [2.45, 2.75) is 55.0 Å². The summed E-state index contributed by atoms with van der Waals surface area (Å²) in [5, 5.41) is 10.6. The minimum Gasteiger partial charge on any atom is -0.478 e. The third-order valence-electron chi connectivity index (χ3n) is 4.63. The zero-order chi connectivity index (χ0) is 23.9. The molecular weight excluding hydrogens is 482 g/mol. The van der Waals surface area contributed by atoms with Crippen molar-refractivity contribution < 1.29 is 37.3 Å². The molecule has 1 fully saturated rings. The molecule has 0 spiro atoms. The van der Waals surface area contributed by atoms with Gasteiger partial charge in [-0.15, -0.1) is 0 Å². The first-order valence-corrected chi connectivity index (χ1v) is 13.4. The summed E-state index contributed by atoms with van der Waals surface area (Å²) in [5.74, 6) is -4.50. The number of nitrogens with zero attached hydrogens (tertiary/aromatic N) is 2. The average molecular weight is 506 g/mol. The number of carboxylic acids is 1. The van der Waals surface area contributed by atoms with Gasteiger partial charge < -0.3 is 10.4 Å². The van der Waals surface area contributed by atoms with E-state index in [-0.39, 0.29) is 36.3 Å². The molecule has 3 amide bonds. The Bertz CT molecular complexity index is 957. The fourth-order valence-corrected chi connectivity index (χ4v) is 6.38. The van der Waals surface area contributed by atoms with Gasteiger partial charge in [-0.05, 0) is 29.3 Å². The van der Waals surface area contributed by atoms with Crippen LogP contribution in [0.2, 0.25) is 0 Å². The number of carboxylic acid groups (broad SMARTS) is 1. The third-order valence-corrected chi connectivity index (χ3v) is 8.19. The number of carbonyl (C=O) groups is 4. The van der Waals surface area contributed by atoms with Gasteiger partial charge in [0, 0.05) is 31.2 Å². The van der Waals surface area contributed by atoms with Gasteiger partial charge in [-0.25, -0.2) is 14.7 Å². The van der Waals surface area contributed by atoms with Gasteiger partial charge in [-0.2, -0.15) is 8.42 Å². The van der Waals surface area contributed by atoms with E-state index in [2.05, 4.69) is 10.3 Å². The molecule has 1 aliphatic rings. The Hall–Kier alpha value is -2.16. The second-order valence-electron chi connectivity index (χ2n) is 6.86. The molecule has 32 heavy (non-hydrogen) atoms. The molecule has 2 unspecified atom stereocenters. The van der Waals surface area contributed by atoms with Gasteiger partial charge in [0.05, 0.1) is 0 Å². The highest BCUT2D eigenvalue weighted by molar-refractivity contribution is 8.76. The van der Waals surface area contributed by atoms with Crippen LogP contribution < -0.4 is 5.32 Å². The number of carbonyl (C=O) groups excluding carboxylic acids is 3. The molecule has 14 heteroatoms. The molecule has 3 N–H and O–H groups in total. The van der Waals surface area contributed by atoms with Gasteiger partial charge in [0.15, 0.2) is 0 Å². The zero-order valence-corrected chi connectivity index (χ0v) is 19.5. The molecule has 0 bridgehead atoms. The molecule has 1 aromatic rings. The largest absolute Gasteiger partial charge is 0.478 e. The van der Waals surface area contributed by atoms with Crippen molar-refractivity contribution in [3.8, 4) is 0 Å². The smallest absolute Gasteiger partial charge is 0.352 e. The SMILES string of the molecule is CCCC(C(NC(=O)CCSSc1ccccn1)(C(=O)O)N1C(=O)CCC1=O)S(=O)(=O)O. The molecule has 176 valence electrons. The monoisotopic (exact) mass is 505 g/mol. The number of nitrogens with one attached hydrogen (secondary N) is 1. The summed E-state index contributed by atoms with van der Waals surface area (Å²) in [6.45, 7) is 1.53. The number of imide groups is 1. The van der Waals surface area contributed by atoms with E-state index in [0.717, 1.165) is 0 Å². The number of likely N-dealkylation sites (tertiary alicyclic amines) is 1. The van der Waals surface area contributed by atoms with Crippen molar-refractivity contribution in [2.75, 3.05) is 5.75 Å². The molecule has 11 nitrogen and oxygen atoms in total. The van der Waals surface area contributed by atoms with Crippen LogP contribution in [0.25, 0.3) is 0 Å². The predicted octanol–water partition coefficient (Wildman–Crippen LogP) is 1.31. The topological polar surface area (TPSA) is 171 Å². The van der Waals surface area contributed by atoms with Crippen LogP contribution in [-0.4, -0.2) is 68.3 Å². The fourth-order valence-electron chi connectivity index (χ4n) is 3.28. The van der Waals surface area contributed by atoms with Crippen LogP contribution in [0, 0.1) is 0 Å². The molecule has 2 heterocycles. The summed E-state index contributed by atoms with van der Waals surface area (Å²) < 4.78 is 34.0. The lowest BCUT2D eigenvalue weighted by molar-refractivity contribution is -0.167. The van der Waals surface area contributed by atoms with Gasteiger partial charge in [0.25, 0.3) is 10.1 Å². The molecule has 0 aromatic carbocycles. The van der Waals surface area contributed by atoms with Crippen LogP contribution in [0.1, 0.15) is 39.0 Å². The van der Waals surface area contributed by atoms with E-state index in [1.54, 1.807) is 24.4 Å². The summed E-state index contributed by atoms with van der Waals surface area (Å²) in [7, 11) is -2.54. The van der Waals surface area contributed by atoms with E-state index in [0.29, 0.717) is 5.03 Å². The predicted molar refractivity (Wildman–Crippen MR) is 117 cm³/mol. The van der Waals surface area contributed by atoms with E-state index in [1.165, 1.54) is 28.5 Å². The number of rotatable bonds is 12. The van der Waals surface area contributed by atoms with Crippen molar-refractivity contribution in [3.63, 3.8) is 0 Å². The second-order valence-corrected chi connectivity index (χ2v) is 10.9. The van der Waals surface area contributed by atoms with Gasteiger partial charge in [0.2, 0.25) is 23.4 Å². The van der Waals surface area contributed by atoms with Gasteiger partial charge in [-0.3, -0.25) is 18.9 Å². The Morgan fingerprint density at radius 2 is 1.94 bits per heavy atom. The number of amides is 3. The first-order chi connectivity index (χ1) is 15.0. The lowest BCUT2D eigenvalue weighted by Gasteiger charge is -2.41. The normalized spacial score (nSPS) is 17.1. The molecule has 0 saturated carbocycles. The summed E-state index contributed by atoms with van der Waals surface area (Å²) in [5.41, 5.74) is -2.95. The number of aliphatic carboxylic acids is 1. The van der Waals surface area contributed by atoms with Crippen molar-refractivity contribution in [3.05, 3.63) is 24.4 Å². The molecular formula is C18H23N3O8S3. The highest BCUT2D eigenvalue weighted by atomic mass is 33.1. The highest BCUT2D eigenvalue weighted by Crippen LogP contribution is 2.33. The maximum Gasteiger partial charge on any atom is 0.352 e. The number of hydrogen-bond donors (Lipinski definition) is 3. The minimum atomic E-state index is -5.08. The maximum atomic E-state index is 12.6. The number of pyridine rings is 1. The summed E-state index contributed by atoms with van der Waals surface area (Å²) >= 11 is 0. The third kappa shape index (κ3) is 5.99. The van der Waals surface area contributed by atoms with E-state index in [9.17, 15) is 37.3 Å². The fraction of sp³-hybridized carbons (Fsp3) is 0.500. The van der Waals surface area contributed by atoms with E-state index in [4.69, 9.17) is 0 Å². The molecule has 1 saturated heterocycles. The first-order valence-electron chi connectivity index (χ1n) is 9.61. The first kappa shape index (κ1) is 26.1. The highest BCUT2D eigenvalue weighted by Gasteiger charge is 2.61. The standard InChI is InChI=1S/C18H23N3O8S3/c1-2-5-12(32(27,28)29)18(17(25)26,21-15(23)7-8-16(21)24)20-13(22)9-11-30-31-14-6-3-4-10-19-14/h3-4,6,10,12H,2,5,7-9,11H2,1H3,(H,20,22)(H,25,26)(H,27,28,29). The summed E-state index contributed by atoms with van der Waals surface area (Å²) in [6, 6.07) is 5.30. The molecule has 1 aromatic heterocycles. The van der Waals surface area contributed by atoms with Gasteiger partial charge >= 0.3 is 5.97 Å². The molecule has 0 radical (unpaired) electrons. The van der Waals surface area contributed by atoms with Crippen molar-refractivity contribution >= 4 is 55.4 Å². The number of aromatic nitrogens is 1. The van der Waals surface area contributed by atoms with E-state index >= 15 is 0 Å². The quantitative estimate of drug-likeness (QED) is 0.162. The van der Waals surface area contributed by atoms with Crippen LogP contribution >= 0.6 is 21.6 Å². The lowest BCUT2D eigenvalue weighted by Crippen LogP contribution is -2.74. The Morgan fingerprint density at radius 1 is 1.28 bits per heavy atom. The summed E-state index contributed by atoms with van der Waals surface area (Å²) in [4.78, 5) is 54.1. The van der Waals surface area contributed by atoms with E-state index in [1.807, 2.05) is 0 Å². The van der Waals surface area contributed by atoms with Crippen molar-refractivity contribution in [2.24, 2.45) is 0 Å². The maximum absolute atomic E-state index is 12.6. The zero-order valence-electron chi connectivity index (χ0n) is 17.1. The lowest BCUT2D eigenvalue weighted by atomic mass is 9.99. The Kier molecular flexibility index (Phi) is 9.07. The van der Waals surface area contributed by atoms with Crippen molar-refractivity contribution in [1.82, 2.24) is 15.2 Å².